The van der Waals surface area contributed by atoms with E-state index in [-0.39, 0.29) is 11.5 Å². The van der Waals surface area contributed by atoms with Crippen LogP contribution < -0.4 is 10.9 Å². The normalized spacial score (nSPS) is 12.1. The van der Waals surface area contributed by atoms with Gasteiger partial charge in [-0.05, 0) is 37.3 Å². The average Bonchev–Trinajstić information content (AvgIpc) is 2.59. The smallest absolute Gasteiger partial charge is 0.261 e. The number of halogens is 1. The lowest BCUT2D eigenvalue weighted by Crippen LogP contribution is -2.25. The van der Waals surface area contributed by atoms with E-state index in [1.165, 1.54) is 16.3 Å². The number of thioether (sulfide) groups is 1. The van der Waals surface area contributed by atoms with Crippen LogP contribution in [0.5, 0.6) is 0 Å². The van der Waals surface area contributed by atoms with Gasteiger partial charge in [0.2, 0.25) is 5.91 Å². The van der Waals surface area contributed by atoms with E-state index in [2.05, 4.69) is 10.3 Å². The van der Waals surface area contributed by atoms with Crippen molar-refractivity contribution in [3.05, 3.63) is 63.9 Å². The molecule has 0 fully saturated rings. The van der Waals surface area contributed by atoms with E-state index < -0.39 is 5.25 Å². The van der Waals surface area contributed by atoms with Gasteiger partial charge in [0.25, 0.3) is 5.56 Å². The Hall–Kier alpha value is -2.31. The Morgan fingerprint density at radius 3 is 2.76 bits per heavy atom. The van der Waals surface area contributed by atoms with E-state index in [9.17, 15) is 9.59 Å². The van der Waals surface area contributed by atoms with Crippen molar-refractivity contribution in [1.29, 1.82) is 0 Å². The molecular formula is C18H16ClN3O2S. The maximum absolute atomic E-state index is 12.4. The summed E-state index contributed by atoms with van der Waals surface area (Å²) in [5, 5.41) is 3.99. The van der Waals surface area contributed by atoms with Crippen LogP contribution in [-0.2, 0) is 11.8 Å². The summed E-state index contributed by atoms with van der Waals surface area (Å²) in [7, 11) is 1.66. The standard InChI is InChI=1S/C18H16ClN3O2S/c1-11(16(23)20-13-7-5-6-12(19)10-13)25-18-21-15-9-4-3-8-14(15)17(24)22(18)2/h3-11H,1-2H3,(H,20,23)/t11-/m0/s1. The van der Waals surface area contributed by atoms with Crippen LogP contribution in [0.3, 0.4) is 0 Å². The van der Waals surface area contributed by atoms with Gasteiger partial charge in [-0.25, -0.2) is 4.98 Å². The molecule has 25 heavy (non-hydrogen) atoms. The quantitative estimate of drug-likeness (QED) is 0.559. The largest absolute Gasteiger partial charge is 0.325 e. The molecule has 0 saturated heterocycles. The zero-order valence-corrected chi connectivity index (χ0v) is 15.3. The van der Waals surface area contributed by atoms with Gasteiger partial charge in [-0.2, -0.15) is 0 Å². The molecule has 7 heteroatoms. The lowest BCUT2D eigenvalue weighted by atomic mass is 10.2. The number of hydrogen-bond acceptors (Lipinski definition) is 4. The Morgan fingerprint density at radius 2 is 2.00 bits per heavy atom. The van der Waals surface area contributed by atoms with Crippen molar-refractivity contribution in [3.63, 3.8) is 0 Å². The highest BCUT2D eigenvalue weighted by atomic mass is 35.5. The Kier molecular flexibility index (Phi) is 5.11. The fraction of sp³-hybridized carbons (Fsp3) is 0.167. The van der Waals surface area contributed by atoms with Crippen molar-refractivity contribution in [1.82, 2.24) is 9.55 Å². The summed E-state index contributed by atoms with van der Waals surface area (Å²) in [5.41, 5.74) is 1.12. The van der Waals surface area contributed by atoms with E-state index in [1.807, 2.05) is 6.07 Å². The van der Waals surface area contributed by atoms with Gasteiger partial charge in [-0.1, -0.05) is 41.6 Å². The summed E-state index contributed by atoms with van der Waals surface area (Å²) in [6.45, 7) is 1.77. The molecular weight excluding hydrogens is 358 g/mol. The van der Waals surface area contributed by atoms with Crippen LogP contribution in [0.2, 0.25) is 5.02 Å². The second kappa shape index (κ2) is 7.29. The molecule has 5 nitrogen and oxygen atoms in total. The summed E-state index contributed by atoms with van der Waals surface area (Å²) in [5.74, 6) is -0.185. The molecule has 0 unspecified atom stereocenters. The van der Waals surface area contributed by atoms with Crippen molar-refractivity contribution in [2.45, 2.75) is 17.3 Å². The molecule has 1 N–H and O–H groups in total. The van der Waals surface area contributed by atoms with E-state index in [0.717, 1.165) is 0 Å². The second-order valence-corrected chi connectivity index (χ2v) is 7.28. The molecule has 3 rings (SSSR count). The number of anilines is 1. The first-order valence-corrected chi connectivity index (χ1v) is 8.90. The van der Waals surface area contributed by atoms with Gasteiger partial charge in [0, 0.05) is 17.8 Å². The van der Waals surface area contributed by atoms with Crippen molar-refractivity contribution in [2.75, 3.05) is 5.32 Å². The van der Waals surface area contributed by atoms with Crippen LogP contribution in [0.1, 0.15) is 6.92 Å². The van der Waals surface area contributed by atoms with Gasteiger partial charge < -0.3 is 5.32 Å². The highest BCUT2D eigenvalue weighted by molar-refractivity contribution is 8.00. The number of amides is 1. The lowest BCUT2D eigenvalue weighted by molar-refractivity contribution is -0.115. The molecule has 0 radical (unpaired) electrons. The Morgan fingerprint density at radius 1 is 1.24 bits per heavy atom. The molecule has 0 aliphatic rings. The maximum Gasteiger partial charge on any atom is 0.261 e. The fourth-order valence-electron chi connectivity index (χ4n) is 2.32. The summed E-state index contributed by atoms with van der Waals surface area (Å²) < 4.78 is 1.47. The predicted molar refractivity (Wildman–Crippen MR) is 102 cm³/mol. The predicted octanol–water partition coefficient (Wildman–Crippen LogP) is 3.71. The number of hydrogen-bond donors (Lipinski definition) is 1. The molecule has 128 valence electrons. The number of nitrogens with zero attached hydrogens (tertiary/aromatic N) is 2. The maximum atomic E-state index is 12.4. The number of nitrogens with one attached hydrogen (secondary N) is 1. The van der Waals surface area contributed by atoms with Crippen LogP contribution in [-0.4, -0.2) is 20.7 Å². The van der Waals surface area contributed by atoms with Crippen LogP contribution in [0.4, 0.5) is 5.69 Å². The number of carbonyl (C=O) groups is 1. The molecule has 1 aromatic heterocycles. The number of fused-ring (bicyclic) bond motifs is 1. The van der Waals surface area contributed by atoms with E-state index in [4.69, 9.17) is 11.6 Å². The molecule has 3 aromatic rings. The first-order chi connectivity index (χ1) is 12.0. The number of aromatic nitrogens is 2. The fourth-order valence-corrected chi connectivity index (χ4v) is 3.39. The Bertz CT molecular complexity index is 1000. The minimum absolute atomic E-state index is 0.129. The van der Waals surface area contributed by atoms with E-state index >= 15 is 0 Å². The average molecular weight is 374 g/mol. The molecule has 0 spiro atoms. The molecule has 1 heterocycles. The number of rotatable bonds is 4. The van der Waals surface area contributed by atoms with Gasteiger partial charge in [-0.15, -0.1) is 0 Å². The summed E-state index contributed by atoms with van der Waals surface area (Å²) >= 11 is 7.16. The molecule has 0 saturated carbocycles. The Labute approximate surface area is 154 Å². The van der Waals surface area contributed by atoms with Crippen molar-refractivity contribution in [3.8, 4) is 0 Å². The first kappa shape index (κ1) is 17.5. The van der Waals surface area contributed by atoms with Gasteiger partial charge in [0.15, 0.2) is 5.16 Å². The zero-order chi connectivity index (χ0) is 18.0. The number of benzene rings is 2. The number of carbonyl (C=O) groups excluding carboxylic acids is 1. The molecule has 0 aliphatic carbocycles. The number of para-hydroxylation sites is 1. The molecule has 0 aliphatic heterocycles. The van der Waals surface area contributed by atoms with Crippen molar-refractivity contribution < 1.29 is 4.79 Å². The second-order valence-electron chi connectivity index (χ2n) is 5.54. The zero-order valence-electron chi connectivity index (χ0n) is 13.7. The third-order valence-corrected chi connectivity index (χ3v) is 5.06. The van der Waals surface area contributed by atoms with Gasteiger partial charge in [-0.3, -0.25) is 14.2 Å². The van der Waals surface area contributed by atoms with Crippen LogP contribution >= 0.6 is 23.4 Å². The van der Waals surface area contributed by atoms with Crippen molar-refractivity contribution in [2.24, 2.45) is 7.05 Å². The topological polar surface area (TPSA) is 64.0 Å². The van der Waals surface area contributed by atoms with Gasteiger partial charge in [0.1, 0.15) is 0 Å². The lowest BCUT2D eigenvalue weighted by Gasteiger charge is -2.14. The minimum atomic E-state index is -0.432. The summed E-state index contributed by atoms with van der Waals surface area (Å²) in [6, 6.07) is 14.1. The SMILES string of the molecule is C[C@H](Sc1nc2ccccc2c(=O)n1C)C(=O)Nc1cccc(Cl)c1. The molecule has 1 amide bonds. The highest BCUT2D eigenvalue weighted by Gasteiger charge is 2.18. The van der Waals surface area contributed by atoms with Crippen LogP contribution in [0.15, 0.2) is 58.5 Å². The van der Waals surface area contributed by atoms with E-state index in [0.29, 0.717) is 26.8 Å². The molecule has 1 atom stereocenters. The third kappa shape index (κ3) is 3.86. The third-order valence-electron chi connectivity index (χ3n) is 3.69. The molecule has 0 bridgehead atoms. The van der Waals surface area contributed by atoms with Crippen LogP contribution in [0, 0.1) is 0 Å². The Balaban J connectivity index is 1.82. The van der Waals surface area contributed by atoms with Gasteiger partial charge in [0.05, 0.1) is 16.2 Å². The van der Waals surface area contributed by atoms with E-state index in [1.54, 1.807) is 56.4 Å². The highest BCUT2D eigenvalue weighted by Crippen LogP contribution is 2.23. The van der Waals surface area contributed by atoms with Crippen molar-refractivity contribution >= 4 is 45.9 Å². The minimum Gasteiger partial charge on any atom is -0.325 e. The molecule has 2 aromatic carbocycles. The monoisotopic (exact) mass is 373 g/mol. The summed E-state index contributed by atoms with van der Waals surface area (Å²) in [4.78, 5) is 29.3. The van der Waals surface area contributed by atoms with Crippen LogP contribution in [0.25, 0.3) is 10.9 Å². The first-order valence-electron chi connectivity index (χ1n) is 7.64. The van der Waals surface area contributed by atoms with Gasteiger partial charge >= 0.3 is 0 Å². The summed E-state index contributed by atoms with van der Waals surface area (Å²) in [6.07, 6.45) is 0.